The van der Waals surface area contributed by atoms with E-state index in [9.17, 15) is 4.79 Å². The Morgan fingerprint density at radius 1 is 1.44 bits per heavy atom. The zero-order valence-corrected chi connectivity index (χ0v) is 9.48. The Morgan fingerprint density at radius 3 is 3.12 bits per heavy atom. The van der Waals surface area contributed by atoms with E-state index < -0.39 is 0 Å². The molecule has 2 rings (SSSR count). The van der Waals surface area contributed by atoms with Crippen LogP contribution in [-0.4, -0.2) is 37.1 Å². The average molecular weight is 220 g/mol. The number of pyridine rings is 1. The highest BCUT2D eigenvalue weighted by Gasteiger charge is 2.12. The molecule has 1 aromatic heterocycles. The van der Waals surface area contributed by atoms with Gasteiger partial charge in [-0.3, -0.25) is 4.79 Å². The van der Waals surface area contributed by atoms with Crippen LogP contribution in [0.4, 0.5) is 5.82 Å². The second-order valence-electron chi connectivity index (χ2n) is 3.91. The maximum absolute atomic E-state index is 11.3. The lowest BCUT2D eigenvalue weighted by atomic mass is 10.2. The summed E-state index contributed by atoms with van der Waals surface area (Å²) < 4.78 is 5.39. The van der Waals surface area contributed by atoms with Crippen LogP contribution in [0.5, 0.6) is 0 Å². The fourth-order valence-electron chi connectivity index (χ4n) is 1.79. The maximum atomic E-state index is 11.3. The summed E-state index contributed by atoms with van der Waals surface area (Å²) in [5.74, 6) is 0.952. The summed E-state index contributed by atoms with van der Waals surface area (Å²) in [6.07, 6.45) is 2.70. The van der Waals surface area contributed by atoms with Crippen molar-refractivity contribution in [1.82, 2.24) is 4.98 Å². The summed E-state index contributed by atoms with van der Waals surface area (Å²) in [7, 11) is 0. The molecule has 0 aromatic carbocycles. The minimum atomic E-state index is 0.0784. The molecule has 1 saturated heterocycles. The van der Waals surface area contributed by atoms with Gasteiger partial charge in [-0.1, -0.05) is 0 Å². The average Bonchev–Trinajstić information content (AvgIpc) is 2.57. The lowest BCUT2D eigenvalue weighted by molar-refractivity contribution is 0.101. The lowest BCUT2D eigenvalue weighted by Gasteiger charge is -2.20. The summed E-state index contributed by atoms with van der Waals surface area (Å²) in [5.41, 5.74) is 0.718. The van der Waals surface area contributed by atoms with E-state index in [2.05, 4.69) is 9.88 Å². The summed E-state index contributed by atoms with van der Waals surface area (Å²) in [4.78, 5) is 17.7. The van der Waals surface area contributed by atoms with Crippen molar-refractivity contribution in [2.45, 2.75) is 13.3 Å². The van der Waals surface area contributed by atoms with Gasteiger partial charge in [-0.15, -0.1) is 0 Å². The van der Waals surface area contributed by atoms with E-state index >= 15 is 0 Å². The topological polar surface area (TPSA) is 42.4 Å². The molecule has 2 heterocycles. The van der Waals surface area contributed by atoms with Crippen molar-refractivity contribution >= 4 is 11.6 Å². The maximum Gasteiger partial charge on any atom is 0.159 e. The molecule has 1 fully saturated rings. The number of hydrogen-bond donors (Lipinski definition) is 0. The third kappa shape index (κ3) is 2.58. The number of nitrogens with zero attached hydrogens (tertiary/aromatic N) is 2. The fraction of sp³-hybridized carbons (Fsp3) is 0.500. The van der Waals surface area contributed by atoms with Gasteiger partial charge in [0.05, 0.1) is 6.61 Å². The number of ether oxygens (including phenoxy) is 1. The van der Waals surface area contributed by atoms with E-state index in [1.165, 1.54) is 0 Å². The van der Waals surface area contributed by atoms with E-state index in [4.69, 9.17) is 4.74 Å². The van der Waals surface area contributed by atoms with Crippen LogP contribution in [0.3, 0.4) is 0 Å². The Hall–Kier alpha value is -1.42. The summed E-state index contributed by atoms with van der Waals surface area (Å²) >= 11 is 0. The highest BCUT2D eigenvalue weighted by Crippen LogP contribution is 2.14. The van der Waals surface area contributed by atoms with E-state index in [0.717, 1.165) is 44.1 Å². The second kappa shape index (κ2) is 5.07. The van der Waals surface area contributed by atoms with E-state index in [0.29, 0.717) is 0 Å². The van der Waals surface area contributed by atoms with Gasteiger partial charge in [-0.2, -0.15) is 0 Å². The SMILES string of the molecule is CC(=O)c1ccnc(N2CCCOCC2)c1. The van der Waals surface area contributed by atoms with Crippen molar-refractivity contribution in [3.63, 3.8) is 0 Å². The van der Waals surface area contributed by atoms with Crippen LogP contribution in [-0.2, 0) is 4.74 Å². The number of ketones is 1. The Morgan fingerprint density at radius 2 is 2.31 bits per heavy atom. The number of hydrogen-bond acceptors (Lipinski definition) is 4. The zero-order valence-electron chi connectivity index (χ0n) is 9.48. The molecule has 0 amide bonds. The molecule has 0 atom stereocenters. The number of Topliss-reactive ketones (excluding diaryl/α,β-unsaturated/α-hetero) is 1. The van der Waals surface area contributed by atoms with Gasteiger partial charge in [0, 0.05) is 31.5 Å². The van der Waals surface area contributed by atoms with E-state index in [1.807, 2.05) is 6.07 Å². The summed E-state index contributed by atoms with van der Waals surface area (Å²) in [6.45, 7) is 4.89. The van der Waals surface area contributed by atoms with Gasteiger partial charge >= 0.3 is 0 Å². The Kier molecular flexibility index (Phi) is 3.51. The van der Waals surface area contributed by atoms with Crippen molar-refractivity contribution in [2.75, 3.05) is 31.2 Å². The van der Waals surface area contributed by atoms with Crippen LogP contribution in [0.2, 0.25) is 0 Å². The monoisotopic (exact) mass is 220 g/mol. The predicted octanol–water partition coefficient (Wildman–Crippen LogP) is 1.51. The first kappa shape index (κ1) is 11.1. The van der Waals surface area contributed by atoms with Gasteiger partial charge in [0.2, 0.25) is 0 Å². The van der Waals surface area contributed by atoms with Crippen molar-refractivity contribution in [2.24, 2.45) is 0 Å². The first-order valence-electron chi connectivity index (χ1n) is 5.57. The molecule has 0 aliphatic carbocycles. The van der Waals surface area contributed by atoms with Crippen LogP contribution < -0.4 is 4.90 Å². The van der Waals surface area contributed by atoms with Crippen molar-refractivity contribution in [3.8, 4) is 0 Å². The Balaban J connectivity index is 2.18. The first-order valence-corrected chi connectivity index (χ1v) is 5.57. The zero-order chi connectivity index (χ0) is 11.4. The molecule has 0 bridgehead atoms. The molecule has 0 spiro atoms. The van der Waals surface area contributed by atoms with Crippen molar-refractivity contribution in [1.29, 1.82) is 0 Å². The van der Waals surface area contributed by atoms with Gasteiger partial charge in [0.25, 0.3) is 0 Å². The molecule has 0 saturated carbocycles. The number of carbonyl (C=O) groups is 1. The van der Waals surface area contributed by atoms with Gasteiger partial charge in [-0.25, -0.2) is 4.98 Å². The summed E-state index contributed by atoms with van der Waals surface area (Å²) in [6, 6.07) is 3.60. The van der Waals surface area contributed by atoms with E-state index in [1.54, 1.807) is 19.2 Å². The number of anilines is 1. The van der Waals surface area contributed by atoms with Gasteiger partial charge < -0.3 is 9.64 Å². The first-order chi connectivity index (χ1) is 7.77. The quantitative estimate of drug-likeness (QED) is 0.708. The van der Waals surface area contributed by atoms with Gasteiger partial charge in [0.15, 0.2) is 5.78 Å². The lowest BCUT2D eigenvalue weighted by Crippen LogP contribution is -2.26. The molecule has 0 N–H and O–H groups in total. The fourth-order valence-corrected chi connectivity index (χ4v) is 1.79. The van der Waals surface area contributed by atoms with Crippen molar-refractivity contribution in [3.05, 3.63) is 23.9 Å². The molecule has 1 aliphatic rings. The number of rotatable bonds is 2. The van der Waals surface area contributed by atoms with Crippen LogP contribution in [0.15, 0.2) is 18.3 Å². The highest BCUT2D eigenvalue weighted by molar-refractivity contribution is 5.94. The molecule has 4 nitrogen and oxygen atoms in total. The Bertz CT molecular complexity index is 371. The molecule has 4 heteroatoms. The minimum Gasteiger partial charge on any atom is -0.380 e. The summed E-state index contributed by atoms with van der Waals surface area (Å²) in [5, 5.41) is 0. The van der Waals surface area contributed by atoms with Gasteiger partial charge in [-0.05, 0) is 25.5 Å². The van der Waals surface area contributed by atoms with Crippen LogP contribution in [0.1, 0.15) is 23.7 Å². The molecule has 0 unspecified atom stereocenters. The molecule has 16 heavy (non-hydrogen) atoms. The molecule has 1 aliphatic heterocycles. The van der Waals surface area contributed by atoms with Gasteiger partial charge in [0.1, 0.15) is 5.82 Å². The standard InChI is InChI=1S/C12H16N2O2/c1-10(15)11-3-4-13-12(9-11)14-5-2-7-16-8-6-14/h3-4,9H,2,5-8H2,1H3. The highest BCUT2D eigenvalue weighted by atomic mass is 16.5. The smallest absolute Gasteiger partial charge is 0.159 e. The molecular formula is C12H16N2O2. The molecule has 1 aromatic rings. The minimum absolute atomic E-state index is 0.0784. The third-order valence-corrected chi connectivity index (χ3v) is 2.70. The molecule has 86 valence electrons. The van der Waals surface area contributed by atoms with Crippen LogP contribution in [0.25, 0.3) is 0 Å². The van der Waals surface area contributed by atoms with Crippen LogP contribution in [0, 0.1) is 0 Å². The third-order valence-electron chi connectivity index (χ3n) is 2.70. The molecular weight excluding hydrogens is 204 g/mol. The Labute approximate surface area is 95.2 Å². The largest absolute Gasteiger partial charge is 0.380 e. The van der Waals surface area contributed by atoms with E-state index in [-0.39, 0.29) is 5.78 Å². The number of carbonyl (C=O) groups excluding carboxylic acids is 1. The second-order valence-corrected chi connectivity index (χ2v) is 3.91. The van der Waals surface area contributed by atoms with Crippen molar-refractivity contribution < 1.29 is 9.53 Å². The van der Waals surface area contributed by atoms with Crippen LogP contribution >= 0.6 is 0 Å². The predicted molar refractivity (Wildman–Crippen MR) is 61.9 cm³/mol. The number of aromatic nitrogens is 1. The molecule has 0 radical (unpaired) electrons. The normalized spacial score (nSPS) is 16.9.